The van der Waals surface area contributed by atoms with E-state index in [1.807, 2.05) is 16.8 Å². The number of hydrogen-bond donors (Lipinski definition) is 1. The highest BCUT2D eigenvalue weighted by atomic mass is 32.1. The fraction of sp³-hybridized carbons (Fsp3) is 0.615. The molecule has 0 unspecified atom stereocenters. The van der Waals surface area contributed by atoms with Crippen molar-refractivity contribution in [1.29, 1.82) is 0 Å². The highest BCUT2D eigenvalue weighted by Gasteiger charge is 2.39. The largest absolute Gasteiger partial charge is 0.338 e. The van der Waals surface area contributed by atoms with Gasteiger partial charge in [0.2, 0.25) is 0 Å². The molecular formula is C13H18N2OS. The van der Waals surface area contributed by atoms with Crippen molar-refractivity contribution in [2.24, 2.45) is 5.41 Å². The van der Waals surface area contributed by atoms with E-state index in [1.54, 1.807) is 11.3 Å². The summed E-state index contributed by atoms with van der Waals surface area (Å²) < 4.78 is 0. The van der Waals surface area contributed by atoms with E-state index in [0.29, 0.717) is 5.41 Å². The molecule has 0 radical (unpaired) electrons. The fourth-order valence-electron chi connectivity index (χ4n) is 3.09. The van der Waals surface area contributed by atoms with Gasteiger partial charge in [-0.05, 0) is 37.3 Å². The predicted octanol–water partition coefficient (Wildman–Crippen LogP) is 1.96. The summed E-state index contributed by atoms with van der Waals surface area (Å²) in [5, 5.41) is 7.37. The quantitative estimate of drug-likeness (QED) is 0.826. The zero-order valence-electron chi connectivity index (χ0n) is 9.95. The van der Waals surface area contributed by atoms with E-state index in [9.17, 15) is 4.79 Å². The highest BCUT2D eigenvalue weighted by molar-refractivity contribution is 7.08. The summed E-state index contributed by atoms with van der Waals surface area (Å²) >= 11 is 1.60. The summed E-state index contributed by atoms with van der Waals surface area (Å²) in [7, 11) is 0. The fourth-order valence-corrected chi connectivity index (χ4v) is 3.72. The standard InChI is InChI=1S/C13H18N2OS/c16-12(11-2-7-17-8-11)15-6-1-3-13(10-15)4-5-14-9-13/h2,7-8,14H,1,3-6,9-10H2/t13-/m0/s1. The number of carbonyl (C=O) groups excluding carboxylic acids is 1. The molecule has 1 spiro atoms. The summed E-state index contributed by atoms with van der Waals surface area (Å²) in [5.74, 6) is 0.220. The van der Waals surface area contributed by atoms with Crippen molar-refractivity contribution < 1.29 is 4.79 Å². The molecule has 1 N–H and O–H groups in total. The Morgan fingerprint density at radius 3 is 3.12 bits per heavy atom. The van der Waals surface area contributed by atoms with Gasteiger partial charge in [0, 0.05) is 30.4 Å². The molecule has 3 heterocycles. The zero-order valence-corrected chi connectivity index (χ0v) is 10.8. The Morgan fingerprint density at radius 1 is 1.47 bits per heavy atom. The molecule has 92 valence electrons. The lowest BCUT2D eigenvalue weighted by Crippen LogP contribution is -2.47. The number of piperidine rings is 1. The summed E-state index contributed by atoms with van der Waals surface area (Å²) in [5.41, 5.74) is 1.22. The second-order valence-electron chi connectivity index (χ2n) is 5.27. The van der Waals surface area contributed by atoms with E-state index in [1.165, 1.54) is 12.8 Å². The molecule has 0 aliphatic carbocycles. The van der Waals surface area contributed by atoms with Gasteiger partial charge in [0.05, 0.1) is 5.56 Å². The van der Waals surface area contributed by atoms with Crippen LogP contribution in [0.4, 0.5) is 0 Å². The molecule has 1 atom stereocenters. The van der Waals surface area contributed by atoms with Gasteiger partial charge in [-0.1, -0.05) is 0 Å². The van der Waals surface area contributed by atoms with Crippen molar-refractivity contribution >= 4 is 17.2 Å². The van der Waals surface area contributed by atoms with Gasteiger partial charge in [-0.3, -0.25) is 4.79 Å². The molecule has 17 heavy (non-hydrogen) atoms. The molecule has 2 aliphatic rings. The lowest BCUT2D eigenvalue weighted by atomic mass is 9.79. The van der Waals surface area contributed by atoms with Gasteiger partial charge in [0.15, 0.2) is 0 Å². The number of likely N-dealkylation sites (tertiary alicyclic amines) is 1. The van der Waals surface area contributed by atoms with E-state index in [2.05, 4.69) is 10.2 Å². The Bertz CT molecular complexity index is 396. The molecule has 2 aliphatic heterocycles. The van der Waals surface area contributed by atoms with E-state index in [0.717, 1.165) is 38.2 Å². The van der Waals surface area contributed by atoms with Gasteiger partial charge in [0.25, 0.3) is 5.91 Å². The van der Waals surface area contributed by atoms with Crippen LogP contribution in [0.15, 0.2) is 16.8 Å². The first-order valence-electron chi connectivity index (χ1n) is 6.31. The predicted molar refractivity (Wildman–Crippen MR) is 69.4 cm³/mol. The maximum absolute atomic E-state index is 12.3. The van der Waals surface area contributed by atoms with Crippen LogP contribution in [0.5, 0.6) is 0 Å². The van der Waals surface area contributed by atoms with Crippen LogP contribution in [0, 0.1) is 5.41 Å². The summed E-state index contributed by atoms with van der Waals surface area (Å²) in [4.78, 5) is 14.4. The lowest BCUT2D eigenvalue weighted by molar-refractivity contribution is 0.0554. The van der Waals surface area contributed by atoms with Crippen molar-refractivity contribution in [2.75, 3.05) is 26.2 Å². The number of hydrogen-bond acceptors (Lipinski definition) is 3. The summed E-state index contributed by atoms with van der Waals surface area (Å²) in [6.45, 7) is 4.06. The maximum Gasteiger partial charge on any atom is 0.254 e. The Balaban J connectivity index is 1.73. The van der Waals surface area contributed by atoms with E-state index in [4.69, 9.17) is 0 Å². The van der Waals surface area contributed by atoms with Gasteiger partial charge in [-0.25, -0.2) is 0 Å². The third-order valence-corrected chi connectivity index (χ3v) is 4.73. The molecule has 2 saturated heterocycles. The molecule has 0 saturated carbocycles. The van der Waals surface area contributed by atoms with E-state index in [-0.39, 0.29) is 5.91 Å². The average molecular weight is 250 g/mol. The van der Waals surface area contributed by atoms with Crippen molar-refractivity contribution in [3.63, 3.8) is 0 Å². The number of rotatable bonds is 1. The van der Waals surface area contributed by atoms with Gasteiger partial charge in [-0.15, -0.1) is 0 Å². The van der Waals surface area contributed by atoms with Crippen LogP contribution in [0.2, 0.25) is 0 Å². The van der Waals surface area contributed by atoms with E-state index < -0.39 is 0 Å². The first-order valence-corrected chi connectivity index (χ1v) is 7.26. The van der Waals surface area contributed by atoms with Crippen LogP contribution in [0.1, 0.15) is 29.6 Å². The molecule has 1 aromatic rings. The third kappa shape index (κ3) is 2.11. The van der Waals surface area contributed by atoms with Crippen LogP contribution in [-0.4, -0.2) is 37.0 Å². The molecule has 2 fully saturated rings. The minimum atomic E-state index is 0.220. The van der Waals surface area contributed by atoms with Crippen molar-refractivity contribution in [2.45, 2.75) is 19.3 Å². The number of amides is 1. The van der Waals surface area contributed by atoms with Gasteiger partial charge < -0.3 is 10.2 Å². The van der Waals surface area contributed by atoms with Crippen LogP contribution >= 0.6 is 11.3 Å². The lowest BCUT2D eigenvalue weighted by Gasteiger charge is -2.40. The first-order chi connectivity index (χ1) is 8.29. The number of nitrogens with zero attached hydrogens (tertiary/aromatic N) is 1. The SMILES string of the molecule is O=C(c1ccsc1)N1CCC[C@@]2(CCNC2)C1. The molecule has 0 aromatic carbocycles. The van der Waals surface area contributed by atoms with Gasteiger partial charge in [0.1, 0.15) is 0 Å². The molecule has 0 bridgehead atoms. The number of thiophene rings is 1. The Labute approximate surface area is 106 Å². The van der Waals surface area contributed by atoms with Crippen molar-refractivity contribution in [3.05, 3.63) is 22.4 Å². The Hall–Kier alpha value is -0.870. The number of carbonyl (C=O) groups is 1. The normalized spacial score (nSPS) is 28.8. The van der Waals surface area contributed by atoms with Gasteiger partial charge in [-0.2, -0.15) is 11.3 Å². The third-order valence-electron chi connectivity index (χ3n) is 4.05. The van der Waals surface area contributed by atoms with Crippen LogP contribution in [0.3, 0.4) is 0 Å². The van der Waals surface area contributed by atoms with Crippen LogP contribution in [0.25, 0.3) is 0 Å². The maximum atomic E-state index is 12.3. The first kappa shape index (κ1) is 11.2. The highest BCUT2D eigenvalue weighted by Crippen LogP contribution is 2.35. The molecular weight excluding hydrogens is 232 g/mol. The average Bonchev–Trinajstić information content (AvgIpc) is 3.00. The molecule has 1 amide bonds. The smallest absolute Gasteiger partial charge is 0.254 e. The molecule has 3 rings (SSSR count). The second kappa shape index (κ2) is 4.42. The van der Waals surface area contributed by atoms with Crippen LogP contribution in [-0.2, 0) is 0 Å². The van der Waals surface area contributed by atoms with Gasteiger partial charge >= 0.3 is 0 Å². The zero-order chi connectivity index (χ0) is 11.7. The van der Waals surface area contributed by atoms with Crippen molar-refractivity contribution in [1.82, 2.24) is 10.2 Å². The Kier molecular flexibility index (Phi) is 2.92. The van der Waals surface area contributed by atoms with Crippen LogP contribution < -0.4 is 5.32 Å². The minimum Gasteiger partial charge on any atom is -0.338 e. The topological polar surface area (TPSA) is 32.3 Å². The Morgan fingerprint density at radius 2 is 2.41 bits per heavy atom. The molecule has 3 nitrogen and oxygen atoms in total. The monoisotopic (exact) mass is 250 g/mol. The molecule has 1 aromatic heterocycles. The molecule has 4 heteroatoms. The summed E-state index contributed by atoms with van der Waals surface area (Å²) in [6.07, 6.45) is 3.64. The summed E-state index contributed by atoms with van der Waals surface area (Å²) in [6, 6.07) is 1.93. The van der Waals surface area contributed by atoms with E-state index >= 15 is 0 Å². The second-order valence-corrected chi connectivity index (χ2v) is 6.05. The van der Waals surface area contributed by atoms with Crippen molar-refractivity contribution in [3.8, 4) is 0 Å². The number of nitrogens with one attached hydrogen (secondary N) is 1. The minimum absolute atomic E-state index is 0.220.